The van der Waals surface area contributed by atoms with Crippen molar-refractivity contribution in [1.82, 2.24) is 19.7 Å². The van der Waals surface area contributed by atoms with E-state index in [1.165, 1.54) is 17.2 Å². The lowest BCUT2D eigenvalue weighted by Crippen LogP contribution is -2.33. The van der Waals surface area contributed by atoms with E-state index in [0.29, 0.717) is 37.0 Å². The summed E-state index contributed by atoms with van der Waals surface area (Å²) in [6.07, 6.45) is 0.399. The highest BCUT2D eigenvalue weighted by Gasteiger charge is 2.24. The van der Waals surface area contributed by atoms with Gasteiger partial charge in [-0.05, 0) is 94.3 Å². The van der Waals surface area contributed by atoms with Crippen LogP contribution in [0.1, 0.15) is 52.7 Å². The first-order valence-electron chi connectivity index (χ1n) is 11.1. The number of hydrogen-bond donors (Lipinski definition) is 0. The van der Waals surface area contributed by atoms with Gasteiger partial charge in [0.25, 0.3) is 0 Å². The Morgan fingerprint density at radius 1 is 1.09 bits per heavy atom. The van der Waals surface area contributed by atoms with Gasteiger partial charge in [-0.3, -0.25) is 4.98 Å². The molecule has 8 nitrogen and oxygen atoms in total. The zero-order valence-electron chi connectivity index (χ0n) is 21.2. The summed E-state index contributed by atoms with van der Waals surface area (Å²) >= 11 is 2.03. The van der Waals surface area contributed by atoms with Gasteiger partial charge in [0.05, 0.1) is 11.9 Å². The van der Waals surface area contributed by atoms with Crippen LogP contribution in [0.15, 0.2) is 24.4 Å². The number of fused-ring (bicyclic) bond motifs is 1. The fourth-order valence-electron chi connectivity index (χ4n) is 3.47. The first-order valence-corrected chi connectivity index (χ1v) is 12.1. The third-order valence-corrected chi connectivity index (χ3v) is 5.61. The van der Waals surface area contributed by atoms with E-state index in [0.717, 1.165) is 4.68 Å². The Kier molecular flexibility index (Phi) is 7.45. The largest absolute Gasteiger partial charge is 0.444 e. The zero-order chi connectivity index (χ0) is 26.3. The third kappa shape index (κ3) is 6.47. The smallest absolute Gasteiger partial charge is 0.435 e. The molecule has 0 fully saturated rings. The van der Waals surface area contributed by atoms with Crippen molar-refractivity contribution in [2.24, 2.45) is 0 Å². The second-order valence-corrected chi connectivity index (χ2v) is 11.4. The van der Waals surface area contributed by atoms with Gasteiger partial charge in [-0.15, -0.1) is 0 Å². The molecule has 0 unspecified atom stereocenters. The molecule has 0 aliphatic heterocycles. The molecule has 0 spiro atoms. The second-order valence-electron chi connectivity index (χ2n) is 10.4. The van der Waals surface area contributed by atoms with Crippen LogP contribution in [0.25, 0.3) is 22.2 Å². The highest BCUT2D eigenvalue weighted by atomic mass is 127. The number of pyridine rings is 1. The van der Waals surface area contributed by atoms with E-state index in [1.807, 2.05) is 28.7 Å². The van der Waals surface area contributed by atoms with Gasteiger partial charge in [0, 0.05) is 24.5 Å². The van der Waals surface area contributed by atoms with Crippen LogP contribution >= 0.6 is 22.6 Å². The number of rotatable bonds is 3. The minimum atomic E-state index is -0.673. The van der Waals surface area contributed by atoms with Crippen LogP contribution in [0.4, 0.5) is 14.0 Å². The molecule has 0 bridgehead atoms. The summed E-state index contributed by atoms with van der Waals surface area (Å²) in [5.41, 5.74) is 1.24. The molecule has 0 N–H and O–H groups in total. The van der Waals surface area contributed by atoms with Gasteiger partial charge >= 0.3 is 12.2 Å². The summed E-state index contributed by atoms with van der Waals surface area (Å²) in [7, 11) is 1.61. The van der Waals surface area contributed by atoms with Crippen LogP contribution < -0.4 is 0 Å². The maximum atomic E-state index is 15.3. The van der Waals surface area contributed by atoms with Crippen LogP contribution in [-0.4, -0.2) is 50.1 Å². The molecule has 3 rings (SSSR count). The highest BCUT2D eigenvalue weighted by molar-refractivity contribution is 14.1. The number of aryl methyl sites for hydroxylation is 1. The molecule has 10 heteroatoms. The van der Waals surface area contributed by atoms with Crippen LogP contribution in [0.2, 0.25) is 0 Å². The SMILES string of the molecule is Cc1cc(CN(C)C(=O)OC(C)(C)C)cc(F)c1-c1cc2c(I)nn(C(=O)OC(C)(C)C)c2cn1. The quantitative estimate of drug-likeness (QED) is 0.330. The molecule has 2 aromatic heterocycles. The predicted molar refractivity (Wildman–Crippen MR) is 140 cm³/mol. The van der Waals surface area contributed by atoms with Crippen molar-refractivity contribution in [3.05, 3.63) is 45.0 Å². The molecule has 0 atom stereocenters. The van der Waals surface area contributed by atoms with Crippen molar-refractivity contribution in [1.29, 1.82) is 0 Å². The predicted octanol–water partition coefficient (Wildman–Crippen LogP) is 6.30. The van der Waals surface area contributed by atoms with Gasteiger partial charge in [0.2, 0.25) is 0 Å². The molecular weight excluding hydrogens is 566 g/mol. The number of nitrogens with zero attached hydrogens (tertiary/aromatic N) is 4. The second kappa shape index (κ2) is 9.71. The molecular formula is C25H30FIN4O4. The van der Waals surface area contributed by atoms with Gasteiger partial charge in [-0.25, -0.2) is 14.0 Å². The van der Waals surface area contributed by atoms with Crippen LogP contribution in [0.3, 0.4) is 0 Å². The van der Waals surface area contributed by atoms with E-state index in [-0.39, 0.29) is 6.54 Å². The van der Waals surface area contributed by atoms with E-state index in [1.54, 1.807) is 61.6 Å². The van der Waals surface area contributed by atoms with Crippen LogP contribution in [-0.2, 0) is 16.0 Å². The van der Waals surface area contributed by atoms with Gasteiger partial charge in [-0.2, -0.15) is 9.78 Å². The molecule has 2 heterocycles. The van der Waals surface area contributed by atoms with Crippen molar-refractivity contribution < 1.29 is 23.5 Å². The Labute approximate surface area is 217 Å². The number of benzene rings is 1. The van der Waals surface area contributed by atoms with Crippen molar-refractivity contribution in [2.75, 3.05) is 7.05 Å². The van der Waals surface area contributed by atoms with E-state index in [4.69, 9.17) is 9.47 Å². The molecule has 1 amide bonds. The van der Waals surface area contributed by atoms with Gasteiger partial charge < -0.3 is 14.4 Å². The lowest BCUT2D eigenvalue weighted by atomic mass is 10.0. The first kappa shape index (κ1) is 26.8. The maximum absolute atomic E-state index is 15.3. The topological polar surface area (TPSA) is 86.6 Å². The lowest BCUT2D eigenvalue weighted by molar-refractivity contribution is 0.0284. The Morgan fingerprint density at radius 3 is 2.29 bits per heavy atom. The van der Waals surface area contributed by atoms with E-state index >= 15 is 4.39 Å². The maximum Gasteiger partial charge on any atom is 0.435 e. The molecule has 0 saturated heterocycles. The Hall–Kier alpha value is -2.76. The normalized spacial score (nSPS) is 12.1. The monoisotopic (exact) mass is 596 g/mol. The Balaban J connectivity index is 1.92. The highest BCUT2D eigenvalue weighted by Crippen LogP contribution is 2.31. The molecule has 3 aromatic rings. The average molecular weight is 596 g/mol. The third-order valence-electron chi connectivity index (χ3n) is 4.82. The van der Waals surface area contributed by atoms with Crippen molar-refractivity contribution in [2.45, 2.75) is 66.2 Å². The number of hydrogen-bond acceptors (Lipinski definition) is 6. The number of ether oxygens (including phenoxy) is 2. The number of carbonyl (C=O) groups excluding carboxylic acids is 2. The fourth-order valence-corrected chi connectivity index (χ4v) is 4.12. The first-order chi connectivity index (χ1) is 16.1. The standard InChI is InChI=1S/C25H30FIN4O4/c1-14-9-15(13-30(8)22(32)34-24(2,3)4)10-17(26)20(14)18-11-16-19(12-28-18)31(29-21(16)27)23(33)35-25(5,6)7/h9-12H,13H2,1-8H3. The lowest BCUT2D eigenvalue weighted by Gasteiger charge is -2.25. The van der Waals surface area contributed by atoms with E-state index in [2.05, 4.69) is 10.1 Å². The summed E-state index contributed by atoms with van der Waals surface area (Å²) in [4.78, 5) is 30.6. The van der Waals surface area contributed by atoms with Crippen LogP contribution in [0, 0.1) is 16.4 Å². The summed E-state index contributed by atoms with van der Waals surface area (Å²) in [5.74, 6) is -0.459. The average Bonchev–Trinajstić information content (AvgIpc) is 3.01. The minimum Gasteiger partial charge on any atom is -0.444 e. The molecule has 0 aliphatic carbocycles. The van der Waals surface area contributed by atoms with Crippen molar-refractivity contribution >= 4 is 45.7 Å². The molecule has 35 heavy (non-hydrogen) atoms. The van der Waals surface area contributed by atoms with E-state index in [9.17, 15) is 9.59 Å². The number of halogens is 2. The number of carbonyl (C=O) groups is 2. The number of aromatic nitrogens is 3. The Morgan fingerprint density at radius 2 is 1.71 bits per heavy atom. The summed E-state index contributed by atoms with van der Waals surface area (Å²) in [5, 5.41) is 4.95. The summed E-state index contributed by atoms with van der Waals surface area (Å²) in [6, 6.07) is 4.92. The number of amides is 1. The fraction of sp³-hybridized carbons (Fsp3) is 0.440. The van der Waals surface area contributed by atoms with Gasteiger partial charge in [-0.1, -0.05) is 6.07 Å². The van der Waals surface area contributed by atoms with Crippen LogP contribution in [0.5, 0.6) is 0 Å². The van der Waals surface area contributed by atoms with Gasteiger partial charge in [0.15, 0.2) is 0 Å². The summed E-state index contributed by atoms with van der Waals surface area (Å²) < 4.78 is 27.8. The van der Waals surface area contributed by atoms with Gasteiger partial charge in [0.1, 0.15) is 26.2 Å². The molecule has 0 radical (unpaired) electrons. The van der Waals surface area contributed by atoms with E-state index < -0.39 is 29.2 Å². The zero-order valence-corrected chi connectivity index (χ0v) is 23.4. The molecule has 0 aliphatic rings. The molecule has 1 aromatic carbocycles. The molecule has 188 valence electrons. The Bertz CT molecular complexity index is 1270. The minimum absolute atomic E-state index is 0.194. The van der Waals surface area contributed by atoms with Crippen molar-refractivity contribution in [3.8, 4) is 11.3 Å². The van der Waals surface area contributed by atoms with Crippen molar-refractivity contribution in [3.63, 3.8) is 0 Å². The molecule has 0 saturated carbocycles. The summed E-state index contributed by atoms with van der Waals surface area (Å²) in [6.45, 7) is 12.7.